The lowest BCUT2D eigenvalue weighted by molar-refractivity contribution is 0.0697. The number of halogens is 1. The Kier molecular flexibility index (Phi) is 4.35. The van der Waals surface area contributed by atoms with E-state index in [1.165, 1.54) is 17.7 Å². The molecule has 0 spiro atoms. The van der Waals surface area contributed by atoms with Crippen molar-refractivity contribution in [2.45, 2.75) is 6.42 Å². The van der Waals surface area contributed by atoms with Gasteiger partial charge in [-0.1, -0.05) is 30.3 Å². The summed E-state index contributed by atoms with van der Waals surface area (Å²) < 4.78 is 13.1. The molecule has 0 aliphatic heterocycles. The van der Waals surface area contributed by atoms with Crippen molar-refractivity contribution in [2.24, 2.45) is 0 Å². The van der Waals surface area contributed by atoms with Crippen LogP contribution in [-0.2, 0) is 6.42 Å². The van der Waals surface area contributed by atoms with Gasteiger partial charge in [0.2, 0.25) is 0 Å². The van der Waals surface area contributed by atoms with Crippen LogP contribution in [0.4, 0.5) is 10.1 Å². The average molecular weight is 273 g/mol. The maximum Gasteiger partial charge on any atom is 0.337 e. The van der Waals surface area contributed by atoms with Crippen molar-refractivity contribution in [2.75, 3.05) is 18.5 Å². The summed E-state index contributed by atoms with van der Waals surface area (Å²) in [4.78, 5) is 13.0. The number of hydrogen-bond acceptors (Lipinski definition) is 2. The number of anilines is 1. The molecule has 0 amide bonds. The molecule has 0 radical (unpaired) electrons. The fourth-order valence-electron chi connectivity index (χ4n) is 2.07. The first kappa shape index (κ1) is 14.1. The highest BCUT2D eigenvalue weighted by molar-refractivity contribution is 5.94. The van der Waals surface area contributed by atoms with Crippen molar-refractivity contribution in [3.8, 4) is 0 Å². The van der Waals surface area contributed by atoms with Crippen LogP contribution in [0.25, 0.3) is 0 Å². The predicted molar refractivity (Wildman–Crippen MR) is 76.8 cm³/mol. The lowest BCUT2D eigenvalue weighted by Crippen LogP contribution is -2.22. The Morgan fingerprint density at radius 1 is 1.20 bits per heavy atom. The monoisotopic (exact) mass is 273 g/mol. The minimum atomic E-state index is -1.12. The van der Waals surface area contributed by atoms with Crippen LogP contribution in [0.5, 0.6) is 0 Å². The molecule has 0 aliphatic rings. The molecule has 2 aromatic rings. The van der Waals surface area contributed by atoms with Crippen LogP contribution in [0.15, 0.2) is 48.5 Å². The fourth-order valence-corrected chi connectivity index (χ4v) is 2.07. The topological polar surface area (TPSA) is 40.5 Å². The van der Waals surface area contributed by atoms with Crippen LogP contribution in [0.1, 0.15) is 15.9 Å². The number of carboxylic acids is 1. The second kappa shape index (κ2) is 6.19. The number of likely N-dealkylation sites (N-methyl/N-ethyl adjacent to an activating group) is 1. The van der Waals surface area contributed by atoms with E-state index in [1.807, 2.05) is 42.3 Å². The first-order valence-corrected chi connectivity index (χ1v) is 6.36. The molecule has 4 heteroatoms. The van der Waals surface area contributed by atoms with Gasteiger partial charge in [-0.15, -0.1) is 0 Å². The van der Waals surface area contributed by atoms with Crippen LogP contribution in [0.3, 0.4) is 0 Å². The van der Waals surface area contributed by atoms with Gasteiger partial charge in [0.1, 0.15) is 5.82 Å². The standard InChI is InChI=1S/C16H16FNO2/c1-18(10-9-12-5-3-2-4-6-12)15-8-7-13(17)11-14(15)16(19)20/h2-8,11H,9-10H2,1H3,(H,19,20). The van der Waals surface area contributed by atoms with Crippen LogP contribution in [0.2, 0.25) is 0 Å². The van der Waals surface area contributed by atoms with Gasteiger partial charge in [-0.2, -0.15) is 0 Å². The fraction of sp³-hybridized carbons (Fsp3) is 0.188. The highest BCUT2D eigenvalue weighted by Crippen LogP contribution is 2.21. The third-order valence-electron chi connectivity index (χ3n) is 3.18. The zero-order valence-electron chi connectivity index (χ0n) is 11.2. The number of benzene rings is 2. The molecule has 20 heavy (non-hydrogen) atoms. The molecule has 0 fully saturated rings. The van der Waals surface area contributed by atoms with Gasteiger partial charge in [-0.05, 0) is 30.2 Å². The van der Waals surface area contributed by atoms with Gasteiger partial charge >= 0.3 is 5.97 Å². The summed E-state index contributed by atoms with van der Waals surface area (Å²) in [5, 5.41) is 9.13. The van der Waals surface area contributed by atoms with Crippen LogP contribution >= 0.6 is 0 Å². The minimum absolute atomic E-state index is 0.0134. The van der Waals surface area contributed by atoms with E-state index in [0.717, 1.165) is 12.5 Å². The van der Waals surface area contributed by atoms with E-state index < -0.39 is 11.8 Å². The van der Waals surface area contributed by atoms with Crippen molar-refractivity contribution in [1.29, 1.82) is 0 Å². The molecular formula is C16H16FNO2. The molecule has 0 saturated heterocycles. The quantitative estimate of drug-likeness (QED) is 0.909. The molecule has 2 aromatic carbocycles. The average Bonchev–Trinajstić information content (AvgIpc) is 2.45. The summed E-state index contributed by atoms with van der Waals surface area (Å²) in [5.74, 6) is -1.66. The second-order valence-electron chi connectivity index (χ2n) is 4.62. The Labute approximate surface area is 117 Å². The van der Waals surface area contributed by atoms with E-state index in [1.54, 1.807) is 0 Å². The van der Waals surface area contributed by atoms with Gasteiger partial charge in [-0.3, -0.25) is 0 Å². The molecule has 0 heterocycles. The molecule has 104 valence electrons. The first-order chi connectivity index (χ1) is 9.58. The Morgan fingerprint density at radius 2 is 1.90 bits per heavy atom. The molecule has 0 saturated carbocycles. The van der Waals surface area contributed by atoms with Crippen molar-refractivity contribution in [3.63, 3.8) is 0 Å². The summed E-state index contributed by atoms with van der Waals surface area (Å²) in [6, 6.07) is 13.8. The molecule has 0 unspecified atom stereocenters. The van der Waals surface area contributed by atoms with Gasteiger partial charge in [0.05, 0.1) is 11.3 Å². The van der Waals surface area contributed by atoms with Gasteiger partial charge in [-0.25, -0.2) is 9.18 Å². The number of carbonyl (C=O) groups is 1. The lowest BCUT2D eigenvalue weighted by Gasteiger charge is -2.21. The predicted octanol–water partition coefficient (Wildman–Crippen LogP) is 3.20. The number of nitrogens with zero attached hydrogens (tertiary/aromatic N) is 1. The largest absolute Gasteiger partial charge is 0.478 e. The number of rotatable bonds is 5. The number of carboxylic acid groups (broad SMARTS) is 1. The number of aromatic carboxylic acids is 1. The Balaban J connectivity index is 2.13. The van der Waals surface area contributed by atoms with E-state index in [-0.39, 0.29) is 5.56 Å². The molecule has 0 atom stereocenters. The molecule has 0 aliphatic carbocycles. The highest BCUT2D eigenvalue weighted by Gasteiger charge is 2.14. The zero-order valence-corrected chi connectivity index (χ0v) is 11.2. The summed E-state index contributed by atoms with van der Waals surface area (Å²) >= 11 is 0. The van der Waals surface area contributed by atoms with E-state index in [0.29, 0.717) is 12.2 Å². The van der Waals surface area contributed by atoms with Gasteiger partial charge in [0.25, 0.3) is 0 Å². The Bertz CT molecular complexity index is 599. The van der Waals surface area contributed by atoms with Crippen LogP contribution < -0.4 is 4.90 Å². The van der Waals surface area contributed by atoms with Crippen molar-refractivity contribution in [3.05, 3.63) is 65.5 Å². The van der Waals surface area contributed by atoms with Crippen molar-refractivity contribution < 1.29 is 14.3 Å². The third kappa shape index (κ3) is 3.35. The lowest BCUT2D eigenvalue weighted by atomic mass is 10.1. The smallest absolute Gasteiger partial charge is 0.337 e. The molecule has 0 aromatic heterocycles. The summed E-state index contributed by atoms with van der Waals surface area (Å²) in [5.41, 5.74) is 1.69. The van der Waals surface area contributed by atoms with E-state index >= 15 is 0 Å². The Morgan fingerprint density at radius 3 is 2.55 bits per heavy atom. The summed E-state index contributed by atoms with van der Waals surface area (Å²) in [6.45, 7) is 0.663. The van der Waals surface area contributed by atoms with Gasteiger partial charge in [0, 0.05) is 13.6 Å². The maximum atomic E-state index is 13.1. The Hall–Kier alpha value is -2.36. The van der Waals surface area contributed by atoms with E-state index in [9.17, 15) is 9.18 Å². The van der Waals surface area contributed by atoms with Crippen LogP contribution in [-0.4, -0.2) is 24.7 Å². The zero-order chi connectivity index (χ0) is 14.5. The molecular weight excluding hydrogens is 257 g/mol. The maximum absolute atomic E-state index is 13.1. The minimum Gasteiger partial charge on any atom is -0.478 e. The van der Waals surface area contributed by atoms with E-state index in [2.05, 4.69) is 0 Å². The summed E-state index contributed by atoms with van der Waals surface area (Å²) in [6.07, 6.45) is 0.799. The van der Waals surface area contributed by atoms with Gasteiger partial charge < -0.3 is 10.0 Å². The SMILES string of the molecule is CN(CCc1ccccc1)c1ccc(F)cc1C(=O)O. The molecule has 3 nitrogen and oxygen atoms in total. The normalized spacial score (nSPS) is 10.3. The van der Waals surface area contributed by atoms with Crippen molar-refractivity contribution in [1.82, 2.24) is 0 Å². The van der Waals surface area contributed by atoms with Crippen LogP contribution in [0, 0.1) is 5.82 Å². The third-order valence-corrected chi connectivity index (χ3v) is 3.18. The van der Waals surface area contributed by atoms with E-state index in [4.69, 9.17) is 5.11 Å². The number of hydrogen-bond donors (Lipinski definition) is 1. The van der Waals surface area contributed by atoms with Crippen molar-refractivity contribution >= 4 is 11.7 Å². The highest BCUT2D eigenvalue weighted by atomic mass is 19.1. The first-order valence-electron chi connectivity index (χ1n) is 6.36. The molecule has 1 N–H and O–H groups in total. The van der Waals surface area contributed by atoms with Gasteiger partial charge in [0.15, 0.2) is 0 Å². The second-order valence-corrected chi connectivity index (χ2v) is 4.62. The molecule has 2 rings (SSSR count). The molecule has 0 bridgehead atoms. The summed E-state index contributed by atoms with van der Waals surface area (Å²) in [7, 11) is 1.81.